The molecular formula is C12H11Cl2N3O. The summed E-state index contributed by atoms with van der Waals surface area (Å²) >= 11 is 12.5. The Labute approximate surface area is 115 Å². The summed E-state index contributed by atoms with van der Waals surface area (Å²) in [6.07, 6.45) is 3.09. The number of hydrogen-bond donors (Lipinski definition) is 0. The molecule has 2 aromatic rings. The third-order valence-electron chi connectivity index (χ3n) is 2.41. The first-order chi connectivity index (χ1) is 8.74. The molecule has 4 nitrogen and oxygen atoms in total. The molecule has 6 heteroatoms. The monoisotopic (exact) mass is 283 g/mol. The lowest BCUT2D eigenvalue weighted by Crippen LogP contribution is -2.14. The summed E-state index contributed by atoms with van der Waals surface area (Å²) in [6.45, 7) is 0. The number of aromatic nitrogens is 2. The maximum absolute atomic E-state index is 6.34. The van der Waals surface area contributed by atoms with Crippen LogP contribution in [0.3, 0.4) is 0 Å². The molecule has 1 atom stereocenters. The van der Waals surface area contributed by atoms with Crippen molar-refractivity contribution in [2.24, 2.45) is 0 Å². The number of halogens is 2. The van der Waals surface area contributed by atoms with Crippen molar-refractivity contribution in [1.82, 2.24) is 10.2 Å². The molecule has 0 saturated carbocycles. The van der Waals surface area contributed by atoms with Crippen molar-refractivity contribution in [1.29, 1.82) is 0 Å². The topological polar surface area (TPSA) is 38.2 Å². The molecule has 1 aromatic carbocycles. The Kier molecular flexibility index (Phi) is 4.23. The van der Waals surface area contributed by atoms with Crippen molar-refractivity contribution in [2.45, 2.75) is 5.50 Å². The van der Waals surface area contributed by atoms with Crippen molar-refractivity contribution in [3.8, 4) is 5.75 Å². The molecule has 0 aliphatic rings. The molecule has 0 amide bonds. The molecular weight excluding hydrogens is 273 g/mol. The summed E-state index contributed by atoms with van der Waals surface area (Å²) in [5.41, 5.74) is 0.887. The zero-order valence-electron chi connectivity index (χ0n) is 9.62. The summed E-state index contributed by atoms with van der Waals surface area (Å²) in [5, 5.41) is 7.45. The van der Waals surface area contributed by atoms with Crippen LogP contribution in [-0.2, 0) is 0 Å². The van der Waals surface area contributed by atoms with Crippen LogP contribution in [0.15, 0.2) is 42.7 Å². The fraction of sp³-hybridized carbons (Fsp3) is 0.167. The fourth-order valence-electron chi connectivity index (χ4n) is 1.53. The van der Waals surface area contributed by atoms with E-state index in [-0.39, 0.29) is 0 Å². The lowest BCUT2D eigenvalue weighted by atomic mass is 10.2. The first-order valence-electron chi connectivity index (χ1n) is 5.22. The highest BCUT2D eigenvalue weighted by molar-refractivity contribution is 6.33. The third kappa shape index (κ3) is 2.66. The molecule has 0 spiro atoms. The molecule has 1 unspecified atom stereocenters. The van der Waals surface area contributed by atoms with Crippen molar-refractivity contribution in [2.75, 3.05) is 11.5 Å². The third-order valence-corrected chi connectivity index (χ3v) is 3.33. The number of nitrogens with zero attached hydrogens (tertiary/aromatic N) is 3. The van der Waals surface area contributed by atoms with Crippen molar-refractivity contribution < 1.29 is 4.74 Å². The first kappa shape index (κ1) is 12.9. The van der Waals surface area contributed by atoms with Gasteiger partial charge in [0, 0.05) is 17.3 Å². The molecule has 0 saturated heterocycles. The van der Waals surface area contributed by atoms with Gasteiger partial charge in [0.1, 0.15) is 11.3 Å². The summed E-state index contributed by atoms with van der Waals surface area (Å²) in [4.78, 5) is 0. The van der Waals surface area contributed by atoms with E-state index in [1.165, 1.54) is 10.6 Å². The maximum atomic E-state index is 6.34. The van der Waals surface area contributed by atoms with Gasteiger partial charge in [0.05, 0.1) is 25.2 Å². The number of para-hydroxylation sites is 1. The SMILES string of the molecule is COc1ccccc1C(Cl)N(Cl)c1ccnnc1. The van der Waals surface area contributed by atoms with E-state index in [9.17, 15) is 0 Å². The Morgan fingerprint density at radius 2 is 2.00 bits per heavy atom. The molecule has 0 aliphatic heterocycles. The molecule has 0 radical (unpaired) electrons. The fourth-order valence-corrected chi connectivity index (χ4v) is 2.02. The van der Waals surface area contributed by atoms with Gasteiger partial charge in [-0.2, -0.15) is 10.2 Å². The van der Waals surface area contributed by atoms with Gasteiger partial charge in [-0.05, 0) is 12.1 Å². The lowest BCUT2D eigenvalue weighted by Gasteiger charge is -2.22. The predicted octanol–water partition coefficient (Wildman–Crippen LogP) is 3.38. The largest absolute Gasteiger partial charge is 0.496 e. The van der Waals surface area contributed by atoms with Gasteiger partial charge in [0.25, 0.3) is 0 Å². The Balaban J connectivity index is 2.28. The summed E-state index contributed by atoms with van der Waals surface area (Å²) in [6, 6.07) is 9.17. The minimum atomic E-state index is -0.563. The average molecular weight is 284 g/mol. The van der Waals surface area contributed by atoms with E-state index in [4.69, 9.17) is 28.1 Å². The van der Waals surface area contributed by atoms with Gasteiger partial charge in [-0.25, -0.2) is 0 Å². The Bertz CT molecular complexity index is 510. The van der Waals surface area contributed by atoms with Gasteiger partial charge in [0.2, 0.25) is 0 Å². The van der Waals surface area contributed by atoms with Crippen LogP contribution in [0.5, 0.6) is 5.75 Å². The minimum absolute atomic E-state index is 0.563. The molecule has 0 bridgehead atoms. The van der Waals surface area contributed by atoms with Crippen LogP contribution in [0.4, 0.5) is 5.69 Å². The summed E-state index contributed by atoms with van der Waals surface area (Å²) < 4.78 is 6.64. The number of alkyl halides is 1. The van der Waals surface area contributed by atoms with Crippen molar-refractivity contribution in [3.63, 3.8) is 0 Å². The molecule has 1 heterocycles. The molecule has 0 aliphatic carbocycles. The second-order valence-corrected chi connectivity index (χ2v) is 4.27. The Morgan fingerprint density at radius 3 is 2.67 bits per heavy atom. The quantitative estimate of drug-likeness (QED) is 0.490. The van der Waals surface area contributed by atoms with Crippen LogP contribution in [0, 0.1) is 0 Å². The Morgan fingerprint density at radius 1 is 1.22 bits per heavy atom. The van der Waals surface area contributed by atoms with E-state index in [1.807, 2.05) is 24.3 Å². The summed E-state index contributed by atoms with van der Waals surface area (Å²) in [7, 11) is 1.59. The van der Waals surface area contributed by atoms with E-state index in [2.05, 4.69) is 10.2 Å². The second-order valence-electron chi connectivity index (χ2n) is 3.49. The number of ether oxygens (including phenoxy) is 1. The van der Waals surface area contributed by atoms with Crippen LogP contribution in [0.25, 0.3) is 0 Å². The zero-order chi connectivity index (χ0) is 13.0. The normalized spacial score (nSPS) is 11.9. The second kappa shape index (κ2) is 5.89. The maximum Gasteiger partial charge on any atom is 0.148 e. The number of rotatable bonds is 4. The van der Waals surface area contributed by atoms with E-state index in [1.54, 1.807) is 19.4 Å². The molecule has 2 rings (SSSR count). The average Bonchev–Trinajstić information content (AvgIpc) is 2.46. The molecule has 0 fully saturated rings. The molecule has 0 N–H and O–H groups in total. The van der Waals surface area contributed by atoms with E-state index in [0.717, 1.165) is 5.56 Å². The van der Waals surface area contributed by atoms with Gasteiger partial charge < -0.3 is 4.74 Å². The highest BCUT2D eigenvalue weighted by Crippen LogP contribution is 2.36. The lowest BCUT2D eigenvalue weighted by molar-refractivity contribution is 0.409. The van der Waals surface area contributed by atoms with Gasteiger partial charge in [-0.1, -0.05) is 29.8 Å². The predicted molar refractivity (Wildman–Crippen MR) is 72.0 cm³/mol. The first-order valence-corrected chi connectivity index (χ1v) is 6.00. The molecule has 1 aromatic heterocycles. The minimum Gasteiger partial charge on any atom is -0.496 e. The van der Waals surface area contributed by atoms with Crippen LogP contribution < -0.4 is 9.16 Å². The van der Waals surface area contributed by atoms with Crippen LogP contribution >= 0.6 is 23.4 Å². The highest BCUT2D eigenvalue weighted by atomic mass is 35.5. The number of anilines is 1. The Hall–Kier alpha value is -1.52. The van der Waals surface area contributed by atoms with Gasteiger partial charge in [-0.15, -0.1) is 0 Å². The standard InChI is InChI=1S/C12H11Cl2N3O/c1-18-11-5-3-2-4-10(11)12(13)17(14)9-6-7-15-16-8-9/h2-8,12H,1H3. The van der Waals surface area contributed by atoms with Gasteiger partial charge >= 0.3 is 0 Å². The smallest absolute Gasteiger partial charge is 0.148 e. The number of hydrogen-bond acceptors (Lipinski definition) is 4. The highest BCUT2D eigenvalue weighted by Gasteiger charge is 2.20. The number of benzene rings is 1. The van der Waals surface area contributed by atoms with Crippen LogP contribution in [-0.4, -0.2) is 17.3 Å². The van der Waals surface area contributed by atoms with E-state index >= 15 is 0 Å². The van der Waals surface area contributed by atoms with Crippen LogP contribution in [0.2, 0.25) is 0 Å². The van der Waals surface area contributed by atoms with Gasteiger partial charge in [-0.3, -0.25) is 4.42 Å². The molecule has 94 valence electrons. The molecule has 18 heavy (non-hydrogen) atoms. The van der Waals surface area contributed by atoms with E-state index in [0.29, 0.717) is 11.4 Å². The van der Waals surface area contributed by atoms with Crippen molar-refractivity contribution >= 4 is 29.1 Å². The van der Waals surface area contributed by atoms with Gasteiger partial charge in [0.15, 0.2) is 0 Å². The zero-order valence-corrected chi connectivity index (χ0v) is 11.1. The van der Waals surface area contributed by atoms with Crippen LogP contribution in [0.1, 0.15) is 11.1 Å². The number of methoxy groups -OCH3 is 1. The van der Waals surface area contributed by atoms with Crippen molar-refractivity contribution in [3.05, 3.63) is 48.3 Å². The summed E-state index contributed by atoms with van der Waals surface area (Å²) in [5.74, 6) is 0.685. The van der Waals surface area contributed by atoms with E-state index < -0.39 is 5.50 Å².